The molecule has 2 saturated heterocycles. The van der Waals surface area contributed by atoms with Gasteiger partial charge in [-0.05, 0) is 0 Å². The molecule has 0 radical (unpaired) electrons. The van der Waals surface area contributed by atoms with Crippen molar-refractivity contribution < 1.29 is 59.4 Å². The third-order valence-corrected chi connectivity index (χ3v) is 4.61. The monoisotopic (exact) mass is 414 g/mol. The van der Waals surface area contributed by atoms with Crippen LogP contribution in [0.3, 0.4) is 0 Å². The van der Waals surface area contributed by atoms with Crippen LogP contribution in [0.5, 0.6) is 0 Å². The normalized spacial score (nSPS) is 44.5. The molecule has 2 heterocycles. The zero-order valence-corrected chi connectivity index (χ0v) is 15.4. The maximum atomic E-state index is 11.5. The van der Waals surface area contributed by atoms with E-state index in [0.29, 0.717) is 0 Å². The number of hydrogen-bond donors (Lipinski definition) is 8. The molecule has 8 N–H and O–H groups in total. The smallest absolute Gasteiger partial charge is 0.217 e. The summed E-state index contributed by atoms with van der Waals surface area (Å²) in [7, 11) is 1.20. The minimum atomic E-state index is -1.75. The molecule has 2 rings (SSSR count). The van der Waals surface area contributed by atoms with E-state index in [9.17, 15) is 40.7 Å². The van der Waals surface area contributed by atoms with Gasteiger partial charge in [0.2, 0.25) is 12.5 Å². The van der Waals surface area contributed by atoms with Gasteiger partial charge in [-0.3, -0.25) is 4.79 Å². The lowest BCUT2D eigenvalue weighted by atomic mass is 9.95. The first-order chi connectivity index (χ1) is 13.1. The molecule has 0 aromatic heterocycles. The zero-order chi connectivity index (χ0) is 21.2. The van der Waals surface area contributed by atoms with Crippen LogP contribution in [0.25, 0.3) is 0 Å². The number of carbonyl (C=O) groups is 1. The van der Waals surface area contributed by atoms with Crippen LogP contribution in [-0.2, 0) is 23.5 Å². The van der Waals surface area contributed by atoms with Gasteiger partial charge in [-0.2, -0.15) is 0 Å². The Bertz CT molecular complexity index is 519. The van der Waals surface area contributed by atoms with Crippen LogP contribution < -0.4 is 5.32 Å². The van der Waals surface area contributed by atoms with Gasteiger partial charge in [-0.1, -0.05) is 0 Å². The first-order valence-electron chi connectivity index (χ1n) is 8.63. The molecule has 2 aliphatic rings. The number of aliphatic hydroxyl groups excluding tert-OH is 6. The van der Waals surface area contributed by atoms with Gasteiger partial charge in [0.25, 0.3) is 0 Å². The minimum Gasteiger partial charge on any atom is -0.394 e. The molecule has 10 atom stereocenters. The van der Waals surface area contributed by atoms with Gasteiger partial charge in [-0.25, -0.2) is 4.52 Å². The van der Waals surface area contributed by atoms with E-state index in [-0.39, 0.29) is 6.61 Å². The summed E-state index contributed by atoms with van der Waals surface area (Å²) in [5.74, 6) is -0.575. The zero-order valence-electron chi connectivity index (χ0n) is 15.4. The minimum absolute atomic E-state index is 0.306. The molecule has 1 amide bonds. The third-order valence-electron chi connectivity index (χ3n) is 4.61. The molecule has 0 aromatic carbocycles. The highest BCUT2D eigenvalue weighted by Gasteiger charge is 2.52. The van der Waals surface area contributed by atoms with Crippen molar-refractivity contribution in [2.24, 2.45) is 0 Å². The maximum absolute atomic E-state index is 11.5. The summed E-state index contributed by atoms with van der Waals surface area (Å²) in [6.45, 7) is 0.167. The Balaban J connectivity index is 2.23. The fourth-order valence-electron chi connectivity index (χ4n) is 3.19. The highest BCUT2D eigenvalue weighted by atomic mass is 17.2. The molecule has 28 heavy (non-hydrogen) atoms. The van der Waals surface area contributed by atoms with Crippen molar-refractivity contribution in [3.63, 3.8) is 0 Å². The number of amides is 1. The molecule has 164 valence electrons. The summed E-state index contributed by atoms with van der Waals surface area (Å²) >= 11 is 0. The predicted octanol–water partition coefficient (Wildman–Crippen LogP) is -4.59. The van der Waals surface area contributed by atoms with E-state index in [1.54, 1.807) is 0 Å². The number of nitrogens with one attached hydrogen (secondary N) is 1. The van der Waals surface area contributed by atoms with Gasteiger partial charge in [0, 0.05) is 6.92 Å². The van der Waals surface area contributed by atoms with E-state index >= 15 is 0 Å². The van der Waals surface area contributed by atoms with Crippen LogP contribution in [-0.4, -0.2) is 123 Å². The lowest BCUT2D eigenvalue weighted by molar-refractivity contribution is -0.429. The summed E-state index contributed by atoms with van der Waals surface area (Å²) in [4.78, 5) is 11.5. The number of aliphatic hydroxyl groups is 6. The molecule has 0 aromatic rings. The van der Waals surface area contributed by atoms with Crippen molar-refractivity contribution in [2.45, 2.75) is 68.3 Å². The average Bonchev–Trinajstić information content (AvgIpc) is 2.61. The highest BCUT2D eigenvalue weighted by molar-refractivity contribution is 5.73. The van der Waals surface area contributed by atoms with Crippen LogP contribution in [0.15, 0.2) is 0 Å². The summed E-state index contributed by atoms with van der Waals surface area (Å²) in [5, 5.41) is 71.5. The number of carbonyl (C=O) groups excluding carboxylic acids is 1. The van der Waals surface area contributed by atoms with Crippen molar-refractivity contribution in [2.75, 3.05) is 20.3 Å². The lowest BCUT2D eigenvalue weighted by Crippen LogP contribution is -2.67. The van der Waals surface area contributed by atoms with E-state index < -0.39 is 73.9 Å². The standard InChI is InChI=1S/C15H27NO12/c1-5(18)16-8-13(10(20)7(4-28(2)24)25-14(8)23)27-15-12(22)11(21)9(19)6(3-17)26-15/h6-15,17,19-24H,3-4H2,1-2H3/p+1/t6-,7-,8-,9+,10-,11+,12-,13-,14-,15+/m1/s1. The topological polar surface area (TPSA) is 201 Å². The third kappa shape index (κ3) is 5.14. The van der Waals surface area contributed by atoms with Crippen LogP contribution in [0.1, 0.15) is 6.92 Å². The van der Waals surface area contributed by atoms with Gasteiger partial charge in [0.05, 0.1) is 6.61 Å². The summed E-state index contributed by atoms with van der Waals surface area (Å²) in [5.41, 5.74) is 0. The van der Waals surface area contributed by atoms with Gasteiger partial charge in [-0.15, -0.1) is 5.26 Å². The van der Waals surface area contributed by atoms with Crippen LogP contribution >= 0.6 is 0 Å². The molecule has 0 saturated carbocycles. The summed E-state index contributed by atoms with van der Waals surface area (Å²) < 4.78 is 17.5. The molecular weight excluding hydrogens is 386 g/mol. The first-order valence-corrected chi connectivity index (χ1v) is 8.63. The van der Waals surface area contributed by atoms with E-state index in [1.165, 1.54) is 11.6 Å². The number of rotatable bonds is 6. The second-order valence-electron chi connectivity index (χ2n) is 6.85. The maximum Gasteiger partial charge on any atom is 0.217 e. The molecular formula is C15H28NO12+. The number of hydrogen-bond acceptors (Lipinski definition) is 11. The fourth-order valence-corrected chi connectivity index (χ4v) is 3.19. The molecule has 0 spiro atoms. The summed E-state index contributed by atoms with van der Waals surface area (Å²) in [6, 6.07) is -1.29. The Hall–Kier alpha value is -0.970. The summed E-state index contributed by atoms with van der Waals surface area (Å²) in [6.07, 6.45) is -13.7. The molecule has 0 bridgehead atoms. The fraction of sp³-hybridized carbons (Fsp3) is 0.933. The van der Waals surface area contributed by atoms with Gasteiger partial charge in [0.1, 0.15) is 42.7 Å². The van der Waals surface area contributed by atoms with Gasteiger partial charge < -0.3 is 50.2 Å². The SMILES string of the molecule is CC(=O)N[C@@H]1[C@@H](O[C@@H]2O[C@H](CO)[C@H](O)[C@H](O)[C@H]2O)[C@H](O)[C@@H](C[O+](C)O)O[C@H]1O. The Morgan fingerprint density at radius 1 is 1.04 bits per heavy atom. The van der Waals surface area contributed by atoms with Gasteiger partial charge in [0.15, 0.2) is 25.8 Å². The molecule has 2 aliphatic heterocycles. The second kappa shape index (κ2) is 9.69. The Morgan fingerprint density at radius 2 is 1.68 bits per heavy atom. The van der Waals surface area contributed by atoms with Crippen molar-refractivity contribution in [3.05, 3.63) is 0 Å². The van der Waals surface area contributed by atoms with Crippen molar-refractivity contribution in [1.82, 2.24) is 5.32 Å². The Labute approximate surface area is 160 Å². The Morgan fingerprint density at radius 3 is 2.21 bits per heavy atom. The quantitative estimate of drug-likeness (QED) is 0.118. The van der Waals surface area contributed by atoms with Crippen LogP contribution in [0.2, 0.25) is 0 Å². The van der Waals surface area contributed by atoms with E-state index in [4.69, 9.17) is 14.2 Å². The van der Waals surface area contributed by atoms with Crippen molar-refractivity contribution in [3.8, 4) is 0 Å². The lowest BCUT2D eigenvalue weighted by Gasteiger charge is -2.46. The van der Waals surface area contributed by atoms with E-state index in [1.807, 2.05) is 0 Å². The largest absolute Gasteiger partial charge is 0.394 e. The van der Waals surface area contributed by atoms with Crippen LogP contribution in [0.4, 0.5) is 0 Å². The molecule has 13 heteroatoms. The van der Waals surface area contributed by atoms with Crippen molar-refractivity contribution in [1.29, 1.82) is 0 Å². The average molecular weight is 414 g/mol. The van der Waals surface area contributed by atoms with E-state index in [2.05, 4.69) is 5.32 Å². The molecule has 13 nitrogen and oxygen atoms in total. The molecule has 0 unspecified atom stereocenters. The van der Waals surface area contributed by atoms with Crippen molar-refractivity contribution >= 4 is 5.91 Å². The highest BCUT2D eigenvalue weighted by Crippen LogP contribution is 2.29. The predicted molar refractivity (Wildman–Crippen MR) is 87.6 cm³/mol. The second-order valence-corrected chi connectivity index (χ2v) is 6.85. The molecule has 0 aliphatic carbocycles. The molecule has 2 fully saturated rings. The van der Waals surface area contributed by atoms with E-state index in [0.717, 1.165) is 6.92 Å². The first kappa shape index (κ1) is 23.3. The number of ether oxygens (including phenoxy) is 3. The Kier molecular flexibility index (Phi) is 8.06. The van der Waals surface area contributed by atoms with Gasteiger partial charge >= 0.3 is 0 Å². The van der Waals surface area contributed by atoms with Crippen LogP contribution in [0, 0.1) is 0 Å².